The van der Waals surface area contributed by atoms with Gasteiger partial charge in [0.2, 0.25) is 0 Å². The third-order valence-electron chi connectivity index (χ3n) is 3.79. The van der Waals surface area contributed by atoms with Crippen LogP contribution in [0.3, 0.4) is 0 Å². The van der Waals surface area contributed by atoms with E-state index in [9.17, 15) is 22.0 Å². The van der Waals surface area contributed by atoms with Gasteiger partial charge in [-0.2, -0.15) is 17.2 Å². The molecule has 0 rings (SSSR count). The minimum absolute atomic E-state index is 0.0424. The fraction of sp³-hybridized carbons (Fsp3) is 0.938. The van der Waals surface area contributed by atoms with Gasteiger partial charge in [-0.1, -0.05) is 58.8 Å². The SMILES string of the molecule is CC(C)CCCCCCCCCC(=O)OC(C)C(F)(F)S(=O)(=O)O. The number of esters is 1. The summed E-state index contributed by atoms with van der Waals surface area (Å²) < 4.78 is 60.3. The Bertz CT molecular complexity index is 463. The third-order valence-corrected chi connectivity index (χ3v) is 4.81. The Morgan fingerprint density at radius 3 is 1.92 bits per heavy atom. The van der Waals surface area contributed by atoms with E-state index in [2.05, 4.69) is 18.6 Å². The van der Waals surface area contributed by atoms with Gasteiger partial charge < -0.3 is 4.74 Å². The first-order valence-electron chi connectivity index (χ1n) is 8.52. The Balaban J connectivity index is 3.77. The molecule has 0 bridgehead atoms. The van der Waals surface area contributed by atoms with Gasteiger partial charge in [0.15, 0.2) is 6.10 Å². The van der Waals surface area contributed by atoms with E-state index < -0.39 is 27.4 Å². The summed E-state index contributed by atoms with van der Waals surface area (Å²) in [4.78, 5) is 11.4. The topological polar surface area (TPSA) is 80.7 Å². The van der Waals surface area contributed by atoms with E-state index in [0.717, 1.165) is 38.5 Å². The van der Waals surface area contributed by atoms with Crippen molar-refractivity contribution in [1.82, 2.24) is 0 Å². The van der Waals surface area contributed by atoms with Crippen LogP contribution in [-0.2, 0) is 19.6 Å². The first kappa shape index (κ1) is 23.2. The minimum Gasteiger partial charge on any atom is -0.455 e. The predicted octanol–water partition coefficient (Wildman–Crippen LogP) is 4.57. The molecule has 1 N–H and O–H groups in total. The van der Waals surface area contributed by atoms with Gasteiger partial charge in [0, 0.05) is 6.42 Å². The third kappa shape index (κ3) is 9.52. The summed E-state index contributed by atoms with van der Waals surface area (Å²) in [6.45, 7) is 5.14. The number of carbonyl (C=O) groups excluding carboxylic acids is 1. The molecule has 0 aromatic rings. The number of rotatable bonds is 13. The molecule has 0 spiro atoms. The van der Waals surface area contributed by atoms with E-state index in [1.165, 1.54) is 19.3 Å². The Morgan fingerprint density at radius 1 is 1.00 bits per heavy atom. The summed E-state index contributed by atoms with van der Waals surface area (Å²) >= 11 is 0. The van der Waals surface area contributed by atoms with Crippen molar-refractivity contribution in [1.29, 1.82) is 0 Å². The molecule has 0 amide bonds. The normalized spacial score (nSPS) is 14.0. The first-order valence-corrected chi connectivity index (χ1v) is 9.96. The van der Waals surface area contributed by atoms with Crippen LogP contribution in [0.4, 0.5) is 8.78 Å². The van der Waals surface area contributed by atoms with Gasteiger partial charge in [0.05, 0.1) is 0 Å². The highest BCUT2D eigenvalue weighted by Gasteiger charge is 2.51. The molecule has 0 aromatic carbocycles. The van der Waals surface area contributed by atoms with E-state index in [-0.39, 0.29) is 6.42 Å². The Hall–Kier alpha value is -0.760. The van der Waals surface area contributed by atoms with Crippen LogP contribution >= 0.6 is 0 Å². The quantitative estimate of drug-likeness (QED) is 0.291. The molecule has 0 aliphatic heterocycles. The van der Waals surface area contributed by atoms with Crippen LogP contribution in [0.1, 0.15) is 78.6 Å². The molecule has 8 heteroatoms. The number of alkyl halides is 2. The van der Waals surface area contributed by atoms with Gasteiger partial charge in [-0.05, 0) is 19.3 Å². The van der Waals surface area contributed by atoms with Crippen molar-refractivity contribution in [2.24, 2.45) is 5.92 Å². The van der Waals surface area contributed by atoms with E-state index >= 15 is 0 Å². The summed E-state index contributed by atoms with van der Waals surface area (Å²) in [6, 6.07) is 0. The predicted molar refractivity (Wildman–Crippen MR) is 88.4 cm³/mol. The molecule has 0 fully saturated rings. The lowest BCUT2D eigenvalue weighted by atomic mass is 10.0. The Labute approximate surface area is 143 Å². The second kappa shape index (κ2) is 11.0. The number of unbranched alkanes of at least 4 members (excludes halogenated alkanes) is 6. The molecular weight excluding hydrogens is 342 g/mol. The lowest BCUT2D eigenvalue weighted by Gasteiger charge is -2.20. The molecular formula is C16H30F2O5S. The number of ether oxygens (including phenoxy) is 1. The van der Waals surface area contributed by atoms with Gasteiger partial charge in [-0.3, -0.25) is 9.35 Å². The van der Waals surface area contributed by atoms with Gasteiger partial charge in [-0.25, -0.2) is 0 Å². The molecule has 24 heavy (non-hydrogen) atoms. The van der Waals surface area contributed by atoms with Crippen molar-refractivity contribution >= 4 is 16.1 Å². The van der Waals surface area contributed by atoms with Crippen LogP contribution < -0.4 is 0 Å². The average molecular weight is 372 g/mol. The summed E-state index contributed by atoms with van der Waals surface area (Å²) in [6.07, 6.45) is 5.88. The van der Waals surface area contributed by atoms with Crippen molar-refractivity contribution < 1.29 is 31.3 Å². The van der Waals surface area contributed by atoms with E-state index in [4.69, 9.17) is 4.55 Å². The van der Waals surface area contributed by atoms with Crippen molar-refractivity contribution in [3.05, 3.63) is 0 Å². The Kier molecular flexibility index (Phi) is 10.6. The van der Waals surface area contributed by atoms with Gasteiger partial charge in [0.25, 0.3) is 0 Å². The molecule has 0 saturated heterocycles. The maximum Gasteiger partial charge on any atom is 0.405 e. The maximum atomic E-state index is 13.2. The molecule has 0 aliphatic rings. The van der Waals surface area contributed by atoms with Crippen molar-refractivity contribution in [2.75, 3.05) is 0 Å². The highest BCUT2D eigenvalue weighted by atomic mass is 32.2. The van der Waals surface area contributed by atoms with Gasteiger partial charge in [-0.15, -0.1) is 0 Å². The van der Waals surface area contributed by atoms with Crippen molar-refractivity contribution in [3.63, 3.8) is 0 Å². The molecule has 5 nitrogen and oxygen atoms in total. The molecule has 0 aromatic heterocycles. The van der Waals surface area contributed by atoms with E-state index in [1.54, 1.807) is 0 Å². The van der Waals surface area contributed by atoms with E-state index in [0.29, 0.717) is 6.42 Å². The molecule has 0 heterocycles. The van der Waals surface area contributed by atoms with Crippen molar-refractivity contribution in [3.8, 4) is 0 Å². The standard InChI is InChI=1S/C16H30F2O5S/c1-13(2)11-9-7-5-4-6-8-10-12-15(19)23-14(3)16(17,18)24(20,21)22/h13-14H,4-12H2,1-3H3,(H,20,21,22). The summed E-state index contributed by atoms with van der Waals surface area (Å²) in [7, 11) is -5.60. The largest absolute Gasteiger partial charge is 0.455 e. The average Bonchev–Trinajstić information content (AvgIpc) is 2.43. The lowest BCUT2D eigenvalue weighted by molar-refractivity contribution is -0.159. The number of hydrogen-bond acceptors (Lipinski definition) is 4. The zero-order valence-electron chi connectivity index (χ0n) is 14.8. The van der Waals surface area contributed by atoms with Crippen LogP contribution in [0, 0.1) is 5.92 Å². The lowest BCUT2D eigenvalue weighted by Crippen LogP contribution is -2.41. The molecule has 0 aliphatic carbocycles. The molecule has 1 unspecified atom stereocenters. The molecule has 1 atom stereocenters. The van der Waals surface area contributed by atoms with Crippen molar-refractivity contribution in [2.45, 2.75) is 89.9 Å². The number of hydrogen-bond donors (Lipinski definition) is 1. The highest BCUT2D eigenvalue weighted by molar-refractivity contribution is 7.86. The fourth-order valence-electron chi connectivity index (χ4n) is 2.24. The second-order valence-electron chi connectivity index (χ2n) is 6.58. The first-order chi connectivity index (χ1) is 11.0. The monoisotopic (exact) mass is 372 g/mol. The molecule has 0 radical (unpaired) electrons. The van der Waals surface area contributed by atoms with Crippen LogP contribution in [0.25, 0.3) is 0 Å². The molecule has 144 valence electrons. The summed E-state index contributed by atoms with van der Waals surface area (Å²) in [5, 5.41) is -4.50. The maximum absolute atomic E-state index is 13.2. The summed E-state index contributed by atoms with van der Waals surface area (Å²) in [5.74, 6) is -0.158. The fourth-order valence-corrected chi connectivity index (χ4v) is 2.71. The van der Waals surface area contributed by atoms with E-state index in [1.807, 2.05) is 0 Å². The van der Waals surface area contributed by atoms with Crippen LogP contribution in [0.2, 0.25) is 0 Å². The van der Waals surface area contributed by atoms with Crippen LogP contribution in [0.15, 0.2) is 0 Å². The van der Waals surface area contributed by atoms with Gasteiger partial charge >= 0.3 is 21.3 Å². The second-order valence-corrected chi connectivity index (χ2v) is 8.07. The summed E-state index contributed by atoms with van der Waals surface area (Å²) in [5.41, 5.74) is 0. The molecule has 0 saturated carbocycles. The number of carbonyl (C=O) groups is 1. The van der Waals surface area contributed by atoms with Crippen LogP contribution in [0.5, 0.6) is 0 Å². The minimum atomic E-state index is -5.60. The number of halogens is 2. The highest BCUT2D eigenvalue weighted by Crippen LogP contribution is 2.27. The zero-order valence-corrected chi connectivity index (χ0v) is 15.6. The van der Waals surface area contributed by atoms with Crippen LogP contribution in [-0.4, -0.2) is 30.3 Å². The Morgan fingerprint density at radius 2 is 1.46 bits per heavy atom. The zero-order chi connectivity index (χ0) is 18.8. The smallest absolute Gasteiger partial charge is 0.405 e. The van der Waals surface area contributed by atoms with Gasteiger partial charge in [0.1, 0.15) is 0 Å².